The number of nitrogens with zero attached hydrogens (tertiary/aromatic N) is 2. The Bertz CT molecular complexity index is 608. The van der Waals surface area contributed by atoms with Gasteiger partial charge in [0.1, 0.15) is 0 Å². The summed E-state index contributed by atoms with van der Waals surface area (Å²) in [6, 6.07) is 8.26. The molecule has 1 amide bonds. The number of aliphatic imine (C=N–C) groups is 1. The molecule has 0 aliphatic heterocycles. The lowest BCUT2D eigenvalue weighted by Gasteiger charge is -2.21. The highest BCUT2D eigenvalue weighted by molar-refractivity contribution is 5.92. The van der Waals surface area contributed by atoms with E-state index in [1.807, 2.05) is 38.1 Å². The minimum Gasteiger partial charge on any atom is -0.357 e. The molecule has 0 aliphatic carbocycles. The third-order valence-corrected chi connectivity index (χ3v) is 4.90. The largest absolute Gasteiger partial charge is 0.357 e. The second-order valence-corrected chi connectivity index (χ2v) is 7.75. The summed E-state index contributed by atoms with van der Waals surface area (Å²) in [5.41, 5.74) is 1.93. The number of nitrogens with one attached hydrogen (secondary N) is 3. The van der Waals surface area contributed by atoms with Crippen LogP contribution < -0.4 is 16.0 Å². The van der Waals surface area contributed by atoms with Gasteiger partial charge >= 0.3 is 0 Å². The van der Waals surface area contributed by atoms with Gasteiger partial charge in [0.2, 0.25) is 5.91 Å². The van der Waals surface area contributed by atoms with E-state index in [4.69, 9.17) is 4.99 Å². The molecule has 1 aromatic rings. The van der Waals surface area contributed by atoms with Crippen LogP contribution >= 0.6 is 0 Å². The van der Waals surface area contributed by atoms with Crippen LogP contribution in [0.1, 0.15) is 59.9 Å². The van der Waals surface area contributed by atoms with Crippen molar-refractivity contribution in [3.63, 3.8) is 0 Å². The summed E-state index contributed by atoms with van der Waals surface area (Å²) in [7, 11) is 0. The van der Waals surface area contributed by atoms with Crippen molar-refractivity contribution in [2.45, 2.75) is 67.0 Å². The third-order valence-electron chi connectivity index (χ3n) is 4.90. The first-order chi connectivity index (χ1) is 13.9. The van der Waals surface area contributed by atoms with E-state index in [-0.39, 0.29) is 11.8 Å². The first-order valence-electron chi connectivity index (χ1n) is 11.1. The van der Waals surface area contributed by atoms with Gasteiger partial charge in [-0.25, -0.2) is 4.99 Å². The number of hydrogen-bond donors (Lipinski definition) is 3. The van der Waals surface area contributed by atoms with Crippen LogP contribution in [0.3, 0.4) is 0 Å². The number of guanidine groups is 1. The van der Waals surface area contributed by atoms with E-state index in [1.165, 1.54) is 6.42 Å². The van der Waals surface area contributed by atoms with Crippen molar-refractivity contribution in [3.8, 4) is 0 Å². The molecule has 0 fully saturated rings. The van der Waals surface area contributed by atoms with E-state index in [2.05, 4.69) is 48.5 Å². The molecule has 0 saturated heterocycles. The fourth-order valence-corrected chi connectivity index (χ4v) is 2.94. The second-order valence-electron chi connectivity index (χ2n) is 7.75. The smallest absolute Gasteiger partial charge is 0.226 e. The lowest BCUT2D eigenvalue weighted by atomic mass is 10.1. The van der Waals surface area contributed by atoms with Gasteiger partial charge < -0.3 is 20.9 Å². The molecule has 3 N–H and O–H groups in total. The molecule has 29 heavy (non-hydrogen) atoms. The van der Waals surface area contributed by atoms with Crippen LogP contribution in [0.25, 0.3) is 0 Å². The minimum atomic E-state index is -0.0259. The zero-order valence-electron chi connectivity index (χ0n) is 19.2. The highest BCUT2D eigenvalue weighted by atomic mass is 16.1. The van der Waals surface area contributed by atoms with E-state index in [0.717, 1.165) is 49.8 Å². The fourth-order valence-electron chi connectivity index (χ4n) is 2.94. The van der Waals surface area contributed by atoms with Crippen molar-refractivity contribution < 1.29 is 4.79 Å². The summed E-state index contributed by atoms with van der Waals surface area (Å²) in [5.74, 6) is 0.853. The third kappa shape index (κ3) is 10.3. The summed E-state index contributed by atoms with van der Waals surface area (Å²) < 4.78 is 0. The molecule has 6 nitrogen and oxygen atoms in total. The molecule has 0 saturated carbocycles. The van der Waals surface area contributed by atoms with Gasteiger partial charge in [0.05, 0.1) is 6.54 Å². The number of benzene rings is 1. The van der Waals surface area contributed by atoms with Crippen molar-refractivity contribution in [2.24, 2.45) is 10.9 Å². The molecule has 0 aromatic heterocycles. The van der Waals surface area contributed by atoms with E-state index in [9.17, 15) is 4.79 Å². The number of hydrogen-bond acceptors (Lipinski definition) is 3. The van der Waals surface area contributed by atoms with Gasteiger partial charge in [0.25, 0.3) is 0 Å². The van der Waals surface area contributed by atoms with Crippen LogP contribution in [0.4, 0.5) is 5.69 Å². The molecule has 1 aromatic carbocycles. The maximum Gasteiger partial charge on any atom is 0.226 e. The highest BCUT2D eigenvalue weighted by Crippen LogP contribution is 2.12. The summed E-state index contributed by atoms with van der Waals surface area (Å²) in [6.07, 6.45) is 2.30. The Morgan fingerprint density at radius 1 is 1.07 bits per heavy atom. The van der Waals surface area contributed by atoms with Crippen LogP contribution in [-0.2, 0) is 11.3 Å². The van der Waals surface area contributed by atoms with Crippen LogP contribution in [0.2, 0.25) is 0 Å². The Hall–Kier alpha value is -2.08. The van der Waals surface area contributed by atoms with Crippen molar-refractivity contribution in [1.82, 2.24) is 15.5 Å². The standard InChI is InChI=1S/C23H41N5O/c1-7-24-23(26-19(6)11-10-16-28(8-2)9-3)25-17-20-12-14-21(15-13-20)27-22(29)18(4)5/h12-15,18-19H,7-11,16-17H2,1-6H3,(H,27,29)(H2,24,25,26). The van der Waals surface area contributed by atoms with Crippen LogP contribution in [0, 0.1) is 5.92 Å². The number of rotatable bonds is 12. The number of carbonyl (C=O) groups excluding carboxylic acids is 1. The maximum absolute atomic E-state index is 11.8. The molecule has 164 valence electrons. The van der Waals surface area contributed by atoms with Gasteiger partial charge in [-0.05, 0) is 64.0 Å². The normalized spacial score (nSPS) is 12.9. The lowest BCUT2D eigenvalue weighted by Crippen LogP contribution is -2.42. The molecule has 6 heteroatoms. The first kappa shape index (κ1) is 25.0. The predicted octanol–water partition coefficient (Wildman–Crippen LogP) is 3.85. The minimum absolute atomic E-state index is 0.0259. The highest BCUT2D eigenvalue weighted by Gasteiger charge is 2.08. The van der Waals surface area contributed by atoms with E-state index in [1.54, 1.807) is 0 Å². The lowest BCUT2D eigenvalue weighted by molar-refractivity contribution is -0.118. The Balaban J connectivity index is 2.55. The van der Waals surface area contributed by atoms with Gasteiger partial charge in [-0.3, -0.25) is 4.79 Å². The number of anilines is 1. The van der Waals surface area contributed by atoms with Crippen molar-refractivity contribution >= 4 is 17.6 Å². The summed E-state index contributed by atoms with van der Waals surface area (Å²) in [6.45, 7) is 17.3. The zero-order chi connectivity index (χ0) is 21.6. The number of amides is 1. The molecule has 1 atom stereocenters. The van der Waals surface area contributed by atoms with E-state index in [0.29, 0.717) is 12.6 Å². The molecule has 0 aliphatic rings. The first-order valence-corrected chi connectivity index (χ1v) is 11.1. The van der Waals surface area contributed by atoms with Gasteiger partial charge in [-0.2, -0.15) is 0 Å². The zero-order valence-corrected chi connectivity index (χ0v) is 19.2. The average molecular weight is 404 g/mol. The Kier molecular flexibility index (Phi) is 12.0. The van der Waals surface area contributed by atoms with Crippen molar-refractivity contribution in [3.05, 3.63) is 29.8 Å². The Labute approximate surface area is 177 Å². The summed E-state index contributed by atoms with van der Waals surface area (Å²) in [5, 5.41) is 9.75. The molecule has 0 radical (unpaired) electrons. The topological polar surface area (TPSA) is 68.8 Å². The van der Waals surface area contributed by atoms with Crippen LogP contribution in [0.15, 0.2) is 29.3 Å². The average Bonchev–Trinajstić information content (AvgIpc) is 2.70. The Morgan fingerprint density at radius 3 is 2.28 bits per heavy atom. The Morgan fingerprint density at radius 2 is 1.72 bits per heavy atom. The molecular formula is C23H41N5O. The van der Waals surface area contributed by atoms with Crippen molar-refractivity contribution in [2.75, 3.05) is 31.5 Å². The monoisotopic (exact) mass is 403 g/mol. The van der Waals surface area contributed by atoms with Gasteiger partial charge in [-0.15, -0.1) is 0 Å². The van der Waals surface area contributed by atoms with Gasteiger partial charge in [-0.1, -0.05) is 39.8 Å². The van der Waals surface area contributed by atoms with Gasteiger partial charge in [0.15, 0.2) is 5.96 Å². The predicted molar refractivity (Wildman–Crippen MR) is 124 cm³/mol. The molecular weight excluding hydrogens is 362 g/mol. The fraction of sp³-hybridized carbons (Fsp3) is 0.652. The van der Waals surface area contributed by atoms with E-state index >= 15 is 0 Å². The molecule has 0 bridgehead atoms. The van der Waals surface area contributed by atoms with E-state index < -0.39 is 0 Å². The van der Waals surface area contributed by atoms with Crippen molar-refractivity contribution in [1.29, 1.82) is 0 Å². The number of carbonyl (C=O) groups is 1. The molecule has 1 unspecified atom stereocenters. The maximum atomic E-state index is 11.8. The van der Waals surface area contributed by atoms with Gasteiger partial charge in [0, 0.05) is 24.2 Å². The quantitative estimate of drug-likeness (QED) is 0.366. The SMILES string of the molecule is CCNC(=NCc1ccc(NC(=O)C(C)C)cc1)NC(C)CCCN(CC)CC. The molecule has 1 rings (SSSR count). The summed E-state index contributed by atoms with van der Waals surface area (Å²) >= 11 is 0. The van der Waals surface area contributed by atoms with Crippen LogP contribution in [0.5, 0.6) is 0 Å². The second kappa shape index (κ2) is 14.0. The molecule has 0 spiro atoms. The van der Waals surface area contributed by atoms with Crippen LogP contribution in [-0.4, -0.2) is 49.0 Å². The summed E-state index contributed by atoms with van der Waals surface area (Å²) in [4.78, 5) is 19.0. The molecule has 0 heterocycles.